The highest BCUT2D eigenvalue weighted by molar-refractivity contribution is 5.20. The van der Waals surface area contributed by atoms with Crippen molar-refractivity contribution in [1.29, 1.82) is 0 Å². The summed E-state index contributed by atoms with van der Waals surface area (Å²) in [4.78, 5) is 0. The van der Waals surface area contributed by atoms with E-state index in [0.717, 1.165) is 13.2 Å². The molecule has 0 amide bonds. The minimum atomic E-state index is 0.617. The highest BCUT2D eigenvalue weighted by atomic mass is 16.5. The third kappa shape index (κ3) is 1.37. The van der Waals surface area contributed by atoms with E-state index < -0.39 is 0 Å². The van der Waals surface area contributed by atoms with Crippen LogP contribution in [0.4, 0.5) is 0 Å². The van der Waals surface area contributed by atoms with Gasteiger partial charge < -0.3 is 4.74 Å². The molecule has 1 aliphatic rings. The molecule has 0 spiro atoms. The molecule has 0 bridgehead atoms. The molecule has 1 aliphatic heterocycles. The Hall–Kier alpha value is -0.820. The SMILES string of the molecule is C[C@H]1COC[C@@H]1c1ccccc1. The van der Waals surface area contributed by atoms with E-state index in [9.17, 15) is 0 Å². The van der Waals surface area contributed by atoms with Crippen LogP contribution in [-0.4, -0.2) is 13.2 Å². The zero-order chi connectivity index (χ0) is 8.39. The number of ether oxygens (including phenoxy) is 1. The van der Waals surface area contributed by atoms with Gasteiger partial charge in [-0.3, -0.25) is 0 Å². The Morgan fingerprint density at radius 1 is 1.17 bits per heavy atom. The van der Waals surface area contributed by atoms with Gasteiger partial charge in [0.1, 0.15) is 0 Å². The molecular formula is C11H14O. The topological polar surface area (TPSA) is 9.23 Å². The lowest BCUT2D eigenvalue weighted by Gasteiger charge is -2.12. The summed E-state index contributed by atoms with van der Waals surface area (Å²) >= 11 is 0. The molecule has 0 N–H and O–H groups in total. The van der Waals surface area contributed by atoms with E-state index >= 15 is 0 Å². The summed E-state index contributed by atoms with van der Waals surface area (Å²) in [6, 6.07) is 10.6. The number of benzene rings is 1. The minimum absolute atomic E-state index is 0.617. The van der Waals surface area contributed by atoms with Gasteiger partial charge in [-0.2, -0.15) is 0 Å². The second-order valence-electron chi connectivity index (χ2n) is 3.53. The average molecular weight is 162 g/mol. The Balaban J connectivity index is 2.19. The van der Waals surface area contributed by atoms with Crippen LogP contribution in [0.15, 0.2) is 30.3 Å². The summed E-state index contributed by atoms with van der Waals surface area (Å²) in [6.45, 7) is 4.06. The van der Waals surface area contributed by atoms with Crippen LogP contribution in [-0.2, 0) is 4.74 Å². The Bertz CT molecular complexity index is 242. The molecule has 1 fully saturated rings. The fourth-order valence-corrected chi connectivity index (χ4v) is 1.79. The van der Waals surface area contributed by atoms with E-state index in [1.54, 1.807) is 0 Å². The van der Waals surface area contributed by atoms with E-state index in [-0.39, 0.29) is 0 Å². The quantitative estimate of drug-likeness (QED) is 0.616. The molecule has 0 saturated carbocycles. The van der Waals surface area contributed by atoms with E-state index in [1.807, 2.05) is 0 Å². The number of hydrogen-bond donors (Lipinski definition) is 0. The minimum Gasteiger partial charge on any atom is -0.381 e. The van der Waals surface area contributed by atoms with Crippen LogP contribution in [0.3, 0.4) is 0 Å². The molecule has 1 saturated heterocycles. The maximum atomic E-state index is 5.42. The summed E-state index contributed by atoms with van der Waals surface area (Å²) in [5.41, 5.74) is 1.42. The second kappa shape index (κ2) is 3.28. The van der Waals surface area contributed by atoms with Gasteiger partial charge in [-0.05, 0) is 11.5 Å². The molecule has 1 nitrogen and oxygen atoms in total. The van der Waals surface area contributed by atoms with E-state index in [2.05, 4.69) is 37.3 Å². The third-order valence-electron chi connectivity index (χ3n) is 2.59. The zero-order valence-corrected chi connectivity index (χ0v) is 7.36. The van der Waals surface area contributed by atoms with Gasteiger partial charge >= 0.3 is 0 Å². The van der Waals surface area contributed by atoms with Gasteiger partial charge in [0.15, 0.2) is 0 Å². The number of rotatable bonds is 1. The highest BCUT2D eigenvalue weighted by Crippen LogP contribution is 2.29. The Kier molecular flexibility index (Phi) is 2.13. The van der Waals surface area contributed by atoms with Gasteiger partial charge in [-0.15, -0.1) is 0 Å². The molecule has 1 aromatic rings. The second-order valence-corrected chi connectivity index (χ2v) is 3.53. The van der Waals surface area contributed by atoms with Crippen molar-refractivity contribution >= 4 is 0 Å². The van der Waals surface area contributed by atoms with Crippen LogP contribution in [0, 0.1) is 5.92 Å². The van der Waals surface area contributed by atoms with Crippen LogP contribution >= 0.6 is 0 Å². The van der Waals surface area contributed by atoms with Crippen LogP contribution in [0.5, 0.6) is 0 Å². The lowest BCUT2D eigenvalue weighted by Crippen LogP contribution is -2.05. The number of hydrogen-bond acceptors (Lipinski definition) is 1. The van der Waals surface area contributed by atoms with Crippen molar-refractivity contribution in [3.05, 3.63) is 35.9 Å². The van der Waals surface area contributed by atoms with Crippen molar-refractivity contribution in [3.63, 3.8) is 0 Å². The lowest BCUT2D eigenvalue weighted by atomic mass is 9.91. The summed E-state index contributed by atoms with van der Waals surface area (Å²) in [7, 11) is 0. The normalized spacial score (nSPS) is 29.1. The third-order valence-corrected chi connectivity index (χ3v) is 2.59. The predicted octanol–water partition coefficient (Wildman–Crippen LogP) is 2.44. The van der Waals surface area contributed by atoms with Crippen molar-refractivity contribution < 1.29 is 4.74 Å². The lowest BCUT2D eigenvalue weighted by molar-refractivity contribution is 0.186. The van der Waals surface area contributed by atoms with Gasteiger partial charge in [0.25, 0.3) is 0 Å². The Morgan fingerprint density at radius 3 is 2.50 bits per heavy atom. The summed E-state index contributed by atoms with van der Waals surface area (Å²) in [5, 5.41) is 0. The smallest absolute Gasteiger partial charge is 0.0538 e. The molecule has 1 heterocycles. The Morgan fingerprint density at radius 2 is 1.92 bits per heavy atom. The summed E-state index contributed by atoms with van der Waals surface area (Å²) in [6.07, 6.45) is 0. The van der Waals surface area contributed by atoms with Gasteiger partial charge in [0, 0.05) is 12.5 Å². The van der Waals surface area contributed by atoms with Gasteiger partial charge in [0.2, 0.25) is 0 Å². The monoisotopic (exact) mass is 162 g/mol. The fourth-order valence-electron chi connectivity index (χ4n) is 1.79. The van der Waals surface area contributed by atoms with Crippen LogP contribution in [0.1, 0.15) is 18.4 Å². The molecule has 1 aromatic carbocycles. The predicted molar refractivity (Wildman–Crippen MR) is 49.2 cm³/mol. The largest absolute Gasteiger partial charge is 0.381 e. The van der Waals surface area contributed by atoms with E-state index in [4.69, 9.17) is 4.74 Å². The standard InChI is InChI=1S/C11H14O/c1-9-7-12-8-11(9)10-5-3-2-4-6-10/h2-6,9,11H,7-8H2,1H3/t9-,11-/m0/s1. The Labute approximate surface area is 73.4 Å². The zero-order valence-electron chi connectivity index (χ0n) is 7.36. The molecule has 2 rings (SSSR count). The molecule has 0 radical (unpaired) electrons. The summed E-state index contributed by atoms with van der Waals surface area (Å²) in [5.74, 6) is 1.29. The maximum absolute atomic E-state index is 5.42. The van der Waals surface area contributed by atoms with Crippen molar-refractivity contribution in [1.82, 2.24) is 0 Å². The van der Waals surface area contributed by atoms with Gasteiger partial charge in [0.05, 0.1) is 6.61 Å². The molecule has 1 heteroatoms. The first-order valence-corrected chi connectivity index (χ1v) is 4.50. The highest BCUT2D eigenvalue weighted by Gasteiger charge is 2.25. The maximum Gasteiger partial charge on any atom is 0.0538 e. The van der Waals surface area contributed by atoms with Crippen LogP contribution in [0.25, 0.3) is 0 Å². The average Bonchev–Trinajstić information content (AvgIpc) is 2.53. The fraction of sp³-hybridized carbons (Fsp3) is 0.455. The van der Waals surface area contributed by atoms with Crippen molar-refractivity contribution in [2.24, 2.45) is 5.92 Å². The van der Waals surface area contributed by atoms with E-state index in [0.29, 0.717) is 11.8 Å². The van der Waals surface area contributed by atoms with Crippen molar-refractivity contribution in [3.8, 4) is 0 Å². The first-order chi connectivity index (χ1) is 5.88. The van der Waals surface area contributed by atoms with Gasteiger partial charge in [-0.25, -0.2) is 0 Å². The first kappa shape index (κ1) is 7.81. The van der Waals surface area contributed by atoms with E-state index in [1.165, 1.54) is 5.56 Å². The molecular weight excluding hydrogens is 148 g/mol. The van der Waals surface area contributed by atoms with Gasteiger partial charge in [-0.1, -0.05) is 37.3 Å². The van der Waals surface area contributed by atoms with Crippen LogP contribution < -0.4 is 0 Å². The molecule has 0 unspecified atom stereocenters. The molecule has 12 heavy (non-hydrogen) atoms. The van der Waals surface area contributed by atoms with Crippen molar-refractivity contribution in [2.45, 2.75) is 12.8 Å². The molecule has 0 aromatic heterocycles. The molecule has 2 atom stereocenters. The van der Waals surface area contributed by atoms with Crippen LogP contribution in [0.2, 0.25) is 0 Å². The molecule has 64 valence electrons. The van der Waals surface area contributed by atoms with Crippen molar-refractivity contribution in [2.75, 3.05) is 13.2 Å². The summed E-state index contributed by atoms with van der Waals surface area (Å²) < 4.78 is 5.42. The first-order valence-electron chi connectivity index (χ1n) is 4.50. The molecule has 0 aliphatic carbocycles.